The molecule has 3 atom stereocenters. The molecule has 0 bridgehead atoms. The number of hydrogen-bond acceptors (Lipinski definition) is 4. The molecule has 1 heterocycles. The van der Waals surface area contributed by atoms with Gasteiger partial charge in [-0.2, -0.15) is 0 Å². The number of ether oxygens (including phenoxy) is 1. The van der Waals surface area contributed by atoms with Crippen LogP contribution in [0.15, 0.2) is 23.8 Å². The van der Waals surface area contributed by atoms with Crippen molar-refractivity contribution < 1.29 is 4.74 Å². The SMILES string of the molecule is CC(C)CNCCOC1/C=C/C/C(CC(C)N(C)C)=C\[C@@H](C)S1. The maximum absolute atomic E-state index is 6.00. The van der Waals surface area contributed by atoms with Crippen molar-refractivity contribution in [2.75, 3.05) is 33.8 Å². The Balaban J connectivity index is 2.37. The number of rotatable bonds is 9. The summed E-state index contributed by atoms with van der Waals surface area (Å²) in [5.41, 5.74) is 1.72. The van der Waals surface area contributed by atoms with Crippen molar-refractivity contribution in [1.82, 2.24) is 10.2 Å². The molecule has 3 nitrogen and oxygen atoms in total. The summed E-state index contributed by atoms with van der Waals surface area (Å²) in [6.45, 7) is 11.8. The molecule has 0 saturated heterocycles. The molecule has 0 aromatic heterocycles. The maximum Gasteiger partial charge on any atom is 0.122 e. The zero-order chi connectivity index (χ0) is 17.2. The van der Waals surface area contributed by atoms with E-state index >= 15 is 0 Å². The molecule has 4 heteroatoms. The van der Waals surface area contributed by atoms with Crippen LogP contribution in [0.1, 0.15) is 40.5 Å². The average Bonchev–Trinajstić information content (AvgIpc) is 2.43. The molecular formula is C19H36N2OS. The molecule has 0 fully saturated rings. The van der Waals surface area contributed by atoms with E-state index < -0.39 is 0 Å². The number of nitrogens with zero attached hydrogens (tertiary/aromatic N) is 1. The topological polar surface area (TPSA) is 24.5 Å². The number of thioether (sulfide) groups is 1. The lowest BCUT2D eigenvalue weighted by Crippen LogP contribution is -2.26. The van der Waals surface area contributed by atoms with Crippen molar-refractivity contribution in [1.29, 1.82) is 0 Å². The van der Waals surface area contributed by atoms with Crippen LogP contribution < -0.4 is 5.32 Å². The molecule has 1 aliphatic rings. The quantitative estimate of drug-likeness (QED) is 0.508. The fourth-order valence-electron chi connectivity index (χ4n) is 2.47. The van der Waals surface area contributed by atoms with E-state index in [2.05, 4.69) is 70.2 Å². The first kappa shape index (κ1) is 20.8. The predicted octanol–water partition coefficient (Wildman–Crippen LogP) is 3.92. The Kier molecular flexibility index (Phi) is 10.2. The van der Waals surface area contributed by atoms with Crippen molar-refractivity contribution in [2.45, 2.75) is 57.3 Å². The molecule has 0 radical (unpaired) electrons. The van der Waals surface area contributed by atoms with Gasteiger partial charge < -0.3 is 15.0 Å². The molecule has 0 aliphatic carbocycles. The molecule has 134 valence electrons. The first-order valence-electron chi connectivity index (χ1n) is 8.89. The molecule has 0 amide bonds. The van der Waals surface area contributed by atoms with Crippen LogP contribution in [0.2, 0.25) is 0 Å². The van der Waals surface area contributed by atoms with Crippen molar-refractivity contribution >= 4 is 11.8 Å². The highest BCUT2D eigenvalue weighted by Crippen LogP contribution is 2.27. The van der Waals surface area contributed by atoms with Gasteiger partial charge in [-0.15, -0.1) is 11.8 Å². The lowest BCUT2D eigenvalue weighted by molar-refractivity contribution is 0.141. The third kappa shape index (κ3) is 9.55. The fourth-order valence-corrected chi connectivity index (χ4v) is 3.54. The van der Waals surface area contributed by atoms with Crippen LogP contribution in [0, 0.1) is 5.92 Å². The first-order chi connectivity index (χ1) is 10.9. The largest absolute Gasteiger partial charge is 0.362 e. The number of nitrogens with one attached hydrogen (secondary N) is 1. The van der Waals surface area contributed by atoms with Crippen molar-refractivity contribution in [2.24, 2.45) is 5.92 Å². The third-order valence-corrected chi connectivity index (χ3v) is 5.17. The second-order valence-electron chi connectivity index (χ2n) is 7.15. The van der Waals surface area contributed by atoms with Crippen LogP contribution in [0.25, 0.3) is 0 Å². The summed E-state index contributed by atoms with van der Waals surface area (Å²) < 4.78 is 6.00. The Hall–Kier alpha value is -0.290. The van der Waals surface area contributed by atoms with Crippen LogP contribution >= 0.6 is 11.8 Å². The molecule has 2 unspecified atom stereocenters. The standard InChI is InChI=1S/C19H36N2OS/c1-15(2)14-20-10-11-22-19-9-7-8-18(13-17(4)23-19)12-16(3)21(5)6/h7,9,13,15-17,19-20H,8,10-12,14H2,1-6H3/b9-7+,18-13+/t16?,17-,19?/m1/s1. The van der Waals surface area contributed by atoms with Crippen LogP contribution in [0.4, 0.5) is 0 Å². The van der Waals surface area contributed by atoms with Gasteiger partial charge in [0.15, 0.2) is 0 Å². The van der Waals surface area contributed by atoms with E-state index in [-0.39, 0.29) is 5.44 Å². The number of allylic oxidation sites excluding steroid dienone is 1. The van der Waals surface area contributed by atoms with Crippen LogP contribution in [-0.4, -0.2) is 55.4 Å². The Morgan fingerprint density at radius 2 is 2.09 bits per heavy atom. The van der Waals surface area contributed by atoms with Gasteiger partial charge in [-0.3, -0.25) is 0 Å². The average molecular weight is 341 g/mol. The van der Waals surface area contributed by atoms with Crippen LogP contribution in [-0.2, 0) is 4.74 Å². The zero-order valence-corrected chi connectivity index (χ0v) is 16.7. The van der Waals surface area contributed by atoms with Gasteiger partial charge in [0.2, 0.25) is 0 Å². The molecule has 0 aromatic rings. The molecule has 0 spiro atoms. The van der Waals surface area contributed by atoms with Gasteiger partial charge in [-0.1, -0.05) is 31.6 Å². The van der Waals surface area contributed by atoms with E-state index in [1.165, 1.54) is 0 Å². The Morgan fingerprint density at radius 3 is 2.74 bits per heavy atom. The Bertz CT molecular complexity index is 380. The summed E-state index contributed by atoms with van der Waals surface area (Å²) in [5.74, 6) is 0.693. The van der Waals surface area contributed by atoms with E-state index in [9.17, 15) is 0 Å². The molecule has 0 aromatic carbocycles. The highest BCUT2D eigenvalue weighted by atomic mass is 32.2. The zero-order valence-electron chi connectivity index (χ0n) is 15.8. The van der Waals surface area contributed by atoms with Gasteiger partial charge in [0.1, 0.15) is 5.44 Å². The number of hydrogen-bond donors (Lipinski definition) is 1. The third-order valence-electron chi connectivity index (χ3n) is 4.05. The van der Waals surface area contributed by atoms with Gasteiger partial charge in [-0.25, -0.2) is 0 Å². The minimum Gasteiger partial charge on any atom is -0.362 e. The van der Waals surface area contributed by atoms with Crippen molar-refractivity contribution in [3.05, 3.63) is 23.8 Å². The molecule has 1 N–H and O–H groups in total. The lowest BCUT2D eigenvalue weighted by atomic mass is 10.0. The molecule has 0 saturated carbocycles. The minimum absolute atomic E-state index is 0.176. The van der Waals surface area contributed by atoms with Crippen LogP contribution in [0.3, 0.4) is 0 Å². The first-order valence-corrected chi connectivity index (χ1v) is 9.83. The summed E-state index contributed by atoms with van der Waals surface area (Å²) >= 11 is 1.90. The van der Waals surface area contributed by atoms with Gasteiger partial charge in [0, 0.05) is 17.8 Å². The van der Waals surface area contributed by atoms with Gasteiger partial charge in [-0.05, 0) is 59.3 Å². The van der Waals surface area contributed by atoms with E-state index in [0.29, 0.717) is 17.2 Å². The lowest BCUT2D eigenvalue weighted by Gasteiger charge is -2.24. The molecule has 23 heavy (non-hydrogen) atoms. The summed E-state index contributed by atoms with van der Waals surface area (Å²) in [6, 6.07) is 0.588. The predicted molar refractivity (Wildman–Crippen MR) is 104 cm³/mol. The second kappa shape index (κ2) is 11.3. The monoisotopic (exact) mass is 340 g/mol. The second-order valence-corrected chi connectivity index (χ2v) is 8.63. The van der Waals surface area contributed by atoms with E-state index in [4.69, 9.17) is 4.74 Å². The van der Waals surface area contributed by atoms with E-state index in [0.717, 1.165) is 32.5 Å². The van der Waals surface area contributed by atoms with Crippen molar-refractivity contribution in [3.8, 4) is 0 Å². The molecule has 1 aliphatic heterocycles. The van der Waals surface area contributed by atoms with Gasteiger partial charge in [0.25, 0.3) is 0 Å². The maximum atomic E-state index is 6.00. The summed E-state index contributed by atoms with van der Waals surface area (Å²) in [4.78, 5) is 2.29. The summed E-state index contributed by atoms with van der Waals surface area (Å²) in [6.07, 6.45) is 9.14. The summed E-state index contributed by atoms with van der Waals surface area (Å²) in [7, 11) is 4.30. The Labute approximate surface area is 147 Å². The van der Waals surface area contributed by atoms with E-state index in [1.807, 2.05) is 11.8 Å². The van der Waals surface area contributed by atoms with Gasteiger partial charge >= 0.3 is 0 Å². The Morgan fingerprint density at radius 1 is 1.35 bits per heavy atom. The smallest absolute Gasteiger partial charge is 0.122 e. The van der Waals surface area contributed by atoms with Gasteiger partial charge in [0.05, 0.1) is 6.61 Å². The minimum atomic E-state index is 0.176. The highest BCUT2D eigenvalue weighted by Gasteiger charge is 2.15. The molecular weight excluding hydrogens is 304 g/mol. The van der Waals surface area contributed by atoms with Crippen LogP contribution in [0.5, 0.6) is 0 Å². The van der Waals surface area contributed by atoms with E-state index in [1.54, 1.807) is 5.57 Å². The normalized spacial score (nSPS) is 27.4. The highest BCUT2D eigenvalue weighted by molar-refractivity contribution is 8.00. The summed E-state index contributed by atoms with van der Waals surface area (Å²) in [5, 5.41) is 3.93. The van der Waals surface area contributed by atoms with Crippen molar-refractivity contribution in [3.63, 3.8) is 0 Å². The fraction of sp³-hybridized carbons (Fsp3) is 0.789. The molecule has 1 rings (SSSR count).